The van der Waals surface area contributed by atoms with Gasteiger partial charge >= 0.3 is 0 Å². The molecular weight excluding hydrogens is 295 g/mol. The third-order valence-electron chi connectivity index (χ3n) is 3.89. The Morgan fingerprint density at radius 2 is 2.30 bits per heavy atom. The van der Waals surface area contributed by atoms with E-state index in [0.717, 1.165) is 17.9 Å². The van der Waals surface area contributed by atoms with Crippen LogP contribution >= 0.6 is 23.4 Å². The number of hydrogen-bond donors (Lipinski definition) is 0. The lowest BCUT2D eigenvalue weighted by atomic mass is 10.1. The quantitative estimate of drug-likeness (QED) is 0.776. The molecule has 1 unspecified atom stereocenters. The molecule has 0 bridgehead atoms. The summed E-state index contributed by atoms with van der Waals surface area (Å²) in [5.74, 6) is 2.25. The number of halogens is 2. The molecule has 3 rings (SSSR count). The van der Waals surface area contributed by atoms with Crippen LogP contribution in [0.15, 0.2) is 12.1 Å². The first-order valence-corrected chi connectivity index (χ1v) is 8.60. The second-order valence-corrected chi connectivity index (χ2v) is 7.03. The molecule has 0 amide bonds. The van der Waals surface area contributed by atoms with Crippen LogP contribution in [-0.2, 0) is 12.4 Å². The molecule has 1 aliphatic rings. The third kappa shape index (κ3) is 2.68. The number of benzene rings is 1. The zero-order chi connectivity index (χ0) is 14.1. The van der Waals surface area contributed by atoms with Gasteiger partial charge in [-0.25, -0.2) is 9.37 Å². The highest BCUT2D eigenvalue weighted by atomic mass is 35.5. The van der Waals surface area contributed by atoms with E-state index in [1.54, 1.807) is 6.92 Å². The molecule has 108 valence electrons. The van der Waals surface area contributed by atoms with Gasteiger partial charge in [-0.05, 0) is 37.1 Å². The van der Waals surface area contributed by atoms with E-state index in [-0.39, 0.29) is 5.82 Å². The van der Waals surface area contributed by atoms with Gasteiger partial charge in [0.15, 0.2) is 0 Å². The van der Waals surface area contributed by atoms with E-state index in [2.05, 4.69) is 9.55 Å². The van der Waals surface area contributed by atoms with Crippen molar-refractivity contribution in [2.45, 2.75) is 43.9 Å². The molecule has 0 saturated carbocycles. The van der Waals surface area contributed by atoms with Crippen molar-refractivity contribution in [3.05, 3.63) is 29.3 Å². The van der Waals surface area contributed by atoms with E-state index in [0.29, 0.717) is 22.2 Å². The van der Waals surface area contributed by atoms with Crippen LogP contribution in [0.1, 0.15) is 30.7 Å². The van der Waals surface area contributed by atoms with Gasteiger partial charge in [0.05, 0.1) is 16.9 Å². The first kappa shape index (κ1) is 14.2. The van der Waals surface area contributed by atoms with Crippen molar-refractivity contribution >= 4 is 34.4 Å². The number of aromatic nitrogens is 2. The van der Waals surface area contributed by atoms with Gasteiger partial charge in [-0.1, -0.05) is 6.42 Å². The lowest BCUT2D eigenvalue weighted by Gasteiger charge is -2.22. The fraction of sp³-hybridized carbons (Fsp3) is 0.533. The smallest absolute Gasteiger partial charge is 0.128 e. The Morgan fingerprint density at radius 1 is 1.45 bits per heavy atom. The van der Waals surface area contributed by atoms with Crippen LogP contribution in [0.2, 0.25) is 0 Å². The minimum absolute atomic E-state index is 0.199. The van der Waals surface area contributed by atoms with Crippen molar-refractivity contribution in [2.24, 2.45) is 0 Å². The second-order valence-electron chi connectivity index (χ2n) is 5.35. The SMILES string of the molecule is Cc1cc2c(cc1F)nc(CCl)n2CC1CCCCS1. The van der Waals surface area contributed by atoms with E-state index in [4.69, 9.17) is 11.6 Å². The summed E-state index contributed by atoms with van der Waals surface area (Å²) in [6.07, 6.45) is 3.86. The maximum absolute atomic E-state index is 13.7. The summed E-state index contributed by atoms with van der Waals surface area (Å²) in [6.45, 7) is 2.72. The van der Waals surface area contributed by atoms with Gasteiger partial charge in [-0.3, -0.25) is 0 Å². The van der Waals surface area contributed by atoms with E-state index in [9.17, 15) is 4.39 Å². The topological polar surface area (TPSA) is 17.8 Å². The predicted octanol–water partition coefficient (Wildman–Crippen LogP) is 4.51. The van der Waals surface area contributed by atoms with Crippen molar-refractivity contribution in [2.75, 3.05) is 5.75 Å². The van der Waals surface area contributed by atoms with Gasteiger partial charge in [0.25, 0.3) is 0 Å². The highest BCUT2D eigenvalue weighted by molar-refractivity contribution is 7.99. The number of alkyl halides is 1. The van der Waals surface area contributed by atoms with E-state index < -0.39 is 0 Å². The maximum Gasteiger partial charge on any atom is 0.128 e. The minimum atomic E-state index is -0.199. The standard InChI is InChI=1S/C15H18ClFN2S/c1-10-6-14-13(7-12(10)17)18-15(8-16)19(14)9-11-4-2-3-5-20-11/h6-7,11H,2-5,8-9H2,1H3. The summed E-state index contributed by atoms with van der Waals surface area (Å²) in [4.78, 5) is 4.48. The number of rotatable bonds is 3. The van der Waals surface area contributed by atoms with Gasteiger partial charge in [-0.15, -0.1) is 11.6 Å². The van der Waals surface area contributed by atoms with Crippen molar-refractivity contribution in [1.29, 1.82) is 0 Å². The lowest BCUT2D eigenvalue weighted by molar-refractivity contribution is 0.581. The molecule has 1 aromatic carbocycles. The van der Waals surface area contributed by atoms with Crippen molar-refractivity contribution in [3.63, 3.8) is 0 Å². The number of hydrogen-bond acceptors (Lipinski definition) is 2. The predicted molar refractivity (Wildman–Crippen MR) is 84.1 cm³/mol. The average Bonchev–Trinajstić information content (AvgIpc) is 2.78. The molecule has 1 saturated heterocycles. The molecule has 5 heteroatoms. The Hall–Kier alpha value is -0.740. The van der Waals surface area contributed by atoms with Gasteiger partial charge in [0.1, 0.15) is 11.6 Å². The highest BCUT2D eigenvalue weighted by Gasteiger charge is 2.19. The van der Waals surface area contributed by atoms with Crippen LogP contribution in [0.4, 0.5) is 4.39 Å². The molecule has 0 spiro atoms. The summed E-state index contributed by atoms with van der Waals surface area (Å²) >= 11 is 8.05. The molecule has 2 heterocycles. The van der Waals surface area contributed by atoms with Crippen molar-refractivity contribution in [1.82, 2.24) is 9.55 Å². The molecule has 0 radical (unpaired) electrons. The molecule has 20 heavy (non-hydrogen) atoms. The molecule has 1 fully saturated rings. The molecule has 1 aromatic heterocycles. The Morgan fingerprint density at radius 3 is 3.00 bits per heavy atom. The Labute approximate surface area is 127 Å². The van der Waals surface area contributed by atoms with Gasteiger partial charge in [-0.2, -0.15) is 11.8 Å². The third-order valence-corrected chi connectivity index (χ3v) is 5.51. The van der Waals surface area contributed by atoms with Crippen LogP contribution in [0.5, 0.6) is 0 Å². The summed E-state index contributed by atoms with van der Waals surface area (Å²) < 4.78 is 15.8. The van der Waals surface area contributed by atoms with E-state index in [1.807, 2.05) is 17.8 Å². The van der Waals surface area contributed by atoms with Crippen molar-refractivity contribution < 1.29 is 4.39 Å². The Bertz CT molecular complexity index is 620. The van der Waals surface area contributed by atoms with E-state index in [1.165, 1.54) is 31.1 Å². The number of aryl methyl sites for hydroxylation is 1. The number of nitrogens with zero attached hydrogens (tertiary/aromatic N) is 2. The van der Waals surface area contributed by atoms with Gasteiger partial charge < -0.3 is 4.57 Å². The van der Waals surface area contributed by atoms with Crippen molar-refractivity contribution in [3.8, 4) is 0 Å². The van der Waals surface area contributed by atoms with Crippen LogP contribution in [-0.4, -0.2) is 20.6 Å². The van der Waals surface area contributed by atoms with Crippen LogP contribution < -0.4 is 0 Å². The van der Waals surface area contributed by atoms with Gasteiger partial charge in [0, 0.05) is 17.9 Å². The van der Waals surface area contributed by atoms with E-state index >= 15 is 0 Å². The molecule has 2 aromatic rings. The summed E-state index contributed by atoms with van der Waals surface area (Å²) in [5.41, 5.74) is 2.38. The Kier molecular flexibility index (Phi) is 4.22. The fourth-order valence-electron chi connectivity index (χ4n) is 2.76. The number of fused-ring (bicyclic) bond motifs is 1. The van der Waals surface area contributed by atoms with Crippen LogP contribution in [0, 0.1) is 12.7 Å². The lowest BCUT2D eigenvalue weighted by Crippen LogP contribution is -2.18. The highest BCUT2D eigenvalue weighted by Crippen LogP contribution is 2.29. The molecule has 0 N–H and O–H groups in total. The molecule has 1 aliphatic heterocycles. The molecule has 0 aliphatic carbocycles. The van der Waals surface area contributed by atoms with Crippen LogP contribution in [0.25, 0.3) is 11.0 Å². The molecule has 1 atom stereocenters. The minimum Gasteiger partial charge on any atom is -0.326 e. The maximum atomic E-state index is 13.7. The fourth-order valence-corrected chi connectivity index (χ4v) is 4.26. The largest absolute Gasteiger partial charge is 0.326 e. The van der Waals surface area contributed by atoms with Crippen LogP contribution in [0.3, 0.4) is 0 Å². The summed E-state index contributed by atoms with van der Waals surface area (Å²) in [5, 5.41) is 0.619. The zero-order valence-corrected chi connectivity index (χ0v) is 13.1. The normalized spacial score (nSPS) is 19.6. The van der Waals surface area contributed by atoms with Gasteiger partial charge in [0.2, 0.25) is 0 Å². The first-order chi connectivity index (χ1) is 9.69. The molecular formula is C15H18ClFN2S. The molecule has 2 nitrogen and oxygen atoms in total. The Balaban J connectivity index is 2.00. The zero-order valence-electron chi connectivity index (χ0n) is 11.5. The number of thioether (sulfide) groups is 1. The monoisotopic (exact) mass is 312 g/mol. The number of imidazole rings is 1. The first-order valence-electron chi connectivity index (χ1n) is 7.02. The second kappa shape index (κ2) is 5.94. The summed E-state index contributed by atoms with van der Waals surface area (Å²) in [6, 6.07) is 3.41. The summed E-state index contributed by atoms with van der Waals surface area (Å²) in [7, 11) is 0. The average molecular weight is 313 g/mol.